The van der Waals surface area contributed by atoms with E-state index in [9.17, 15) is 4.79 Å². The molecule has 1 heterocycles. The van der Waals surface area contributed by atoms with Gasteiger partial charge >= 0.3 is 5.97 Å². The summed E-state index contributed by atoms with van der Waals surface area (Å²) in [5.74, 6) is -0.0909. The Morgan fingerprint density at radius 1 is 0.920 bits per heavy atom. The number of carbonyl (C=O) groups excluding carboxylic acids is 1. The first-order valence-electron chi connectivity index (χ1n) is 10.5. The van der Waals surface area contributed by atoms with Gasteiger partial charge in [0.05, 0.1) is 13.5 Å². The molecule has 0 aromatic rings. The number of piperazine rings is 1. The van der Waals surface area contributed by atoms with Crippen molar-refractivity contribution >= 4 is 14.2 Å². The largest absolute Gasteiger partial charge is 0.469 e. The fourth-order valence-corrected chi connectivity index (χ4v) is 6.62. The summed E-state index contributed by atoms with van der Waals surface area (Å²) in [6.07, 6.45) is 11.8. The van der Waals surface area contributed by atoms with Crippen molar-refractivity contribution in [3.05, 3.63) is 0 Å². The minimum absolute atomic E-state index is 0.0909. The fraction of sp³-hybridized carbons (Fsp3) is 0.950. The molecule has 4 nitrogen and oxygen atoms in total. The van der Waals surface area contributed by atoms with E-state index in [-0.39, 0.29) is 5.97 Å². The Kier molecular flexibility index (Phi) is 11.7. The molecule has 1 aliphatic rings. The van der Waals surface area contributed by atoms with Gasteiger partial charge in [-0.05, 0) is 6.04 Å². The molecule has 0 aliphatic carbocycles. The molecule has 5 heteroatoms. The predicted octanol–water partition coefficient (Wildman–Crippen LogP) is 4.51. The summed E-state index contributed by atoms with van der Waals surface area (Å²) in [7, 11) is 0.222. The van der Waals surface area contributed by atoms with E-state index in [4.69, 9.17) is 4.74 Å². The van der Waals surface area contributed by atoms with Crippen LogP contribution in [0.2, 0.25) is 19.1 Å². The van der Waals surface area contributed by atoms with Crippen molar-refractivity contribution < 1.29 is 9.53 Å². The molecule has 0 atom stereocenters. The van der Waals surface area contributed by atoms with Gasteiger partial charge in [0.2, 0.25) is 0 Å². The molecular formula is C20H42N2O2Si. The third kappa shape index (κ3) is 9.76. The zero-order chi connectivity index (χ0) is 18.5. The van der Waals surface area contributed by atoms with Crippen molar-refractivity contribution in [2.45, 2.75) is 83.8 Å². The van der Waals surface area contributed by atoms with E-state index in [1.807, 2.05) is 0 Å². The highest BCUT2D eigenvalue weighted by atomic mass is 28.3. The second-order valence-electron chi connectivity index (χ2n) is 8.19. The highest BCUT2D eigenvalue weighted by Gasteiger charge is 2.31. The normalized spacial score (nSPS) is 17.0. The van der Waals surface area contributed by atoms with Crippen molar-refractivity contribution in [1.29, 1.82) is 0 Å². The maximum Gasteiger partial charge on any atom is 0.306 e. The van der Waals surface area contributed by atoms with Gasteiger partial charge in [-0.2, -0.15) is 0 Å². The van der Waals surface area contributed by atoms with Crippen LogP contribution in [0.1, 0.15) is 64.7 Å². The minimum atomic E-state index is -1.25. The molecule has 0 spiro atoms. The molecule has 0 aromatic carbocycles. The van der Waals surface area contributed by atoms with E-state index in [1.165, 1.54) is 77.6 Å². The number of rotatable bonds is 13. The smallest absolute Gasteiger partial charge is 0.306 e. The van der Waals surface area contributed by atoms with Gasteiger partial charge in [-0.3, -0.25) is 4.79 Å². The van der Waals surface area contributed by atoms with Crippen LogP contribution in [0.25, 0.3) is 0 Å². The van der Waals surface area contributed by atoms with Gasteiger partial charge in [0.25, 0.3) is 0 Å². The standard InChI is InChI=1S/C20H42N2O2Si/c1-5-6-7-8-9-10-11-12-19-25(3,4)22-17-15-21(16-18-22)14-13-20(23)24-2/h5-19H2,1-4H3. The van der Waals surface area contributed by atoms with Crippen LogP contribution < -0.4 is 0 Å². The summed E-state index contributed by atoms with van der Waals surface area (Å²) in [4.78, 5) is 13.7. The summed E-state index contributed by atoms with van der Waals surface area (Å²) in [6.45, 7) is 12.8. The Labute approximate surface area is 157 Å². The molecule has 1 rings (SSSR count). The van der Waals surface area contributed by atoms with Gasteiger partial charge < -0.3 is 14.2 Å². The lowest BCUT2D eigenvalue weighted by atomic mass is 10.1. The van der Waals surface area contributed by atoms with Crippen LogP contribution in [0.3, 0.4) is 0 Å². The lowest BCUT2D eigenvalue weighted by molar-refractivity contribution is -0.141. The summed E-state index contributed by atoms with van der Waals surface area (Å²) in [5.41, 5.74) is 0. The number of unbranched alkanes of at least 4 members (excludes halogenated alkanes) is 7. The van der Waals surface area contributed by atoms with Crippen LogP contribution in [-0.4, -0.2) is 63.5 Å². The molecule has 0 N–H and O–H groups in total. The molecule has 0 aromatic heterocycles. The lowest BCUT2D eigenvalue weighted by Gasteiger charge is -2.43. The number of methoxy groups -OCH3 is 1. The van der Waals surface area contributed by atoms with Crippen LogP contribution in [0, 0.1) is 0 Å². The van der Waals surface area contributed by atoms with E-state index in [0.29, 0.717) is 6.42 Å². The number of carbonyl (C=O) groups is 1. The van der Waals surface area contributed by atoms with E-state index >= 15 is 0 Å². The number of nitrogens with zero attached hydrogens (tertiary/aromatic N) is 2. The molecule has 25 heavy (non-hydrogen) atoms. The van der Waals surface area contributed by atoms with Gasteiger partial charge in [-0.1, -0.05) is 71.4 Å². The number of ether oxygens (including phenoxy) is 1. The molecule has 0 saturated carbocycles. The number of hydrogen-bond donors (Lipinski definition) is 0. The quantitative estimate of drug-likeness (QED) is 0.271. The van der Waals surface area contributed by atoms with Crippen molar-refractivity contribution in [1.82, 2.24) is 9.47 Å². The Bertz CT molecular complexity index is 356. The molecule has 148 valence electrons. The third-order valence-electron chi connectivity index (χ3n) is 5.73. The van der Waals surface area contributed by atoms with Gasteiger partial charge in [0.1, 0.15) is 8.24 Å². The van der Waals surface area contributed by atoms with Crippen molar-refractivity contribution in [3.63, 3.8) is 0 Å². The van der Waals surface area contributed by atoms with Gasteiger partial charge in [0.15, 0.2) is 0 Å². The lowest BCUT2D eigenvalue weighted by Crippen LogP contribution is -2.57. The Balaban J connectivity index is 2.12. The highest BCUT2D eigenvalue weighted by Crippen LogP contribution is 2.22. The first-order valence-corrected chi connectivity index (χ1v) is 13.7. The van der Waals surface area contributed by atoms with Crippen LogP contribution >= 0.6 is 0 Å². The van der Waals surface area contributed by atoms with Crippen LogP contribution in [-0.2, 0) is 9.53 Å². The molecule has 1 saturated heterocycles. The first kappa shape index (κ1) is 22.6. The van der Waals surface area contributed by atoms with E-state index < -0.39 is 8.24 Å². The molecule has 0 amide bonds. The molecule has 0 radical (unpaired) electrons. The molecule has 1 fully saturated rings. The number of hydrogen-bond acceptors (Lipinski definition) is 4. The maximum atomic E-state index is 11.3. The van der Waals surface area contributed by atoms with E-state index in [1.54, 1.807) is 0 Å². The summed E-state index contributed by atoms with van der Waals surface area (Å²) in [6, 6.07) is 1.43. The monoisotopic (exact) mass is 370 g/mol. The SMILES string of the molecule is CCCCCCCCCC[Si](C)(C)N1CCN(CCC(=O)OC)CC1. The average Bonchev–Trinajstić information content (AvgIpc) is 2.62. The van der Waals surface area contributed by atoms with Crippen LogP contribution in [0.5, 0.6) is 0 Å². The van der Waals surface area contributed by atoms with Gasteiger partial charge in [0, 0.05) is 32.7 Å². The predicted molar refractivity (Wildman–Crippen MR) is 110 cm³/mol. The summed E-state index contributed by atoms with van der Waals surface area (Å²) >= 11 is 0. The molecule has 0 unspecified atom stereocenters. The van der Waals surface area contributed by atoms with Crippen molar-refractivity contribution in [2.75, 3.05) is 39.8 Å². The average molecular weight is 371 g/mol. The summed E-state index contributed by atoms with van der Waals surface area (Å²) in [5, 5.41) is 0. The van der Waals surface area contributed by atoms with Crippen LogP contribution in [0.15, 0.2) is 0 Å². The Hall–Kier alpha value is -0.393. The Morgan fingerprint density at radius 3 is 2.04 bits per heavy atom. The van der Waals surface area contributed by atoms with E-state index in [0.717, 1.165) is 19.6 Å². The zero-order valence-corrected chi connectivity index (χ0v) is 18.3. The fourth-order valence-electron chi connectivity index (χ4n) is 3.78. The Morgan fingerprint density at radius 2 is 1.48 bits per heavy atom. The van der Waals surface area contributed by atoms with E-state index in [2.05, 4.69) is 29.5 Å². The number of esters is 1. The maximum absolute atomic E-state index is 11.3. The van der Waals surface area contributed by atoms with Gasteiger partial charge in [-0.25, -0.2) is 0 Å². The topological polar surface area (TPSA) is 32.8 Å². The molecule has 1 aliphatic heterocycles. The first-order chi connectivity index (χ1) is 12.0. The second-order valence-corrected chi connectivity index (χ2v) is 12.9. The third-order valence-corrected chi connectivity index (χ3v) is 9.47. The van der Waals surface area contributed by atoms with Crippen molar-refractivity contribution in [3.8, 4) is 0 Å². The molecular weight excluding hydrogens is 328 g/mol. The van der Waals surface area contributed by atoms with Crippen molar-refractivity contribution in [2.24, 2.45) is 0 Å². The highest BCUT2D eigenvalue weighted by molar-refractivity contribution is 6.74. The minimum Gasteiger partial charge on any atom is -0.469 e. The summed E-state index contributed by atoms with van der Waals surface area (Å²) < 4.78 is 7.52. The molecule has 0 bridgehead atoms. The second kappa shape index (κ2) is 12.9. The van der Waals surface area contributed by atoms with Gasteiger partial charge in [-0.15, -0.1) is 0 Å². The zero-order valence-electron chi connectivity index (χ0n) is 17.3. The van der Waals surface area contributed by atoms with Crippen LogP contribution in [0.4, 0.5) is 0 Å².